The minimum atomic E-state index is -4.50. The summed E-state index contributed by atoms with van der Waals surface area (Å²) in [7, 11) is 1.21. The lowest BCUT2D eigenvalue weighted by molar-refractivity contribution is -0.137. The highest BCUT2D eigenvalue weighted by Gasteiger charge is 2.30. The van der Waals surface area contributed by atoms with Gasteiger partial charge in [-0.15, -0.1) is 5.10 Å². The predicted octanol–water partition coefficient (Wildman–Crippen LogP) is 2.48. The number of amides is 1. The van der Waals surface area contributed by atoms with Gasteiger partial charge in [0.25, 0.3) is 5.56 Å². The lowest BCUT2D eigenvalue weighted by Crippen LogP contribution is -2.28. The molecular formula is C22H17F3N6O4. The second kappa shape index (κ2) is 9.37. The Kier molecular flexibility index (Phi) is 6.32. The number of benzene rings is 2. The summed E-state index contributed by atoms with van der Waals surface area (Å²) in [6, 6.07) is 10.9. The van der Waals surface area contributed by atoms with Crippen molar-refractivity contribution >= 4 is 28.7 Å². The molecule has 2 aromatic heterocycles. The first-order valence-corrected chi connectivity index (χ1v) is 10.1. The number of para-hydroxylation sites is 1. The topological polar surface area (TPSA) is 121 Å². The summed E-state index contributed by atoms with van der Waals surface area (Å²) in [6.07, 6.45) is -3.38. The Hall–Kier alpha value is -4.55. The maximum absolute atomic E-state index is 13.0. The normalized spacial score (nSPS) is 11.4. The Morgan fingerprint density at radius 2 is 1.89 bits per heavy atom. The third kappa shape index (κ3) is 5.03. The van der Waals surface area contributed by atoms with Crippen molar-refractivity contribution in [2.75, 3.05) is 12.4 Å². The maximum atomic E-state index is 13.0. The van der Waals surface area contributed by atoms with Crippen LogP contribution in [0, 0.1) is 0 Å². The average molecular weight is 486 g/mol. The summed E-state index contributed by atoms with van der Waals surface area (Å²) in [5.41, 5.74) is -0.930. The van der Waals surface area contributed by atoms with Crippen molar-refractivity contribution in [1.29, 1.82) is 0 Å². The van der Waals surface area contributed by atoms with Gasteiger partial charge in [-0.1, -0.05) is 29.5 Å². The molecule has 1 amide bonds. The predicted molar refractivity (Wildman–Crippen MR) is 117 cm³/mol. The smallest absolute Gasteiger partial charge is 0.416 e. The molecule has 4 aromatic rings. The van der Waals surface area contributed by atoms with Crippen LogP contribution in [0.1, 0.15) is 21.5 Å². The first-order valence-electron chi connectivity index (χ1n) is 10.1. The number of nitrogens with one attached hydrogen (secondary N) is 1. The van der Waals surface area contributed by atoms with Crippen LogP contribution in [0.4, 0.5) is 18.9 Å². The SMILES string of the molecule is COC(=O)c1ccccc1NC(=O)Cn1cnc2c(nnn2Cc2cccc(C(F)(F)F)c2)c1=O. The molecule has 13 heteroatoms. The highest BCUT2D eigenvalue weighted by molar-refractivity contribution is 6.01. The van der Waals surface area contributed by atoms with Crippen molar-refractivity contribution in [2.24, 2.45) is 0 Å². The van der Waals surface area contributed by atoms with Crippen molar-refractivity contribution in [1.82, 2.24) is 24.5 Å². The molecule has 0 fully saturated rings. The number of methoxy groups -OCH3 is 1. The Balaban J connectivity index is 1.54. The van der Waals surface area contributed by atoms with Crippen LogP contribution in [0.25, 0.3) is 11.2 Å². The van der Waals surface area contributed by atoms with Gasteiger partial charge in [0.05, 0.1) is 30.5 Å². The number of carbonyl (C=O) groups excluding carboxylic acids is 2. The fraction of sp³-hybridized carbons (Fsp3) is 0.182. The zero-order valence-corrected chi connectivity index (χ0v) is 18.1. The van der Waals surface area contributed by atoms with Gasteiger partial charge in [0.1, 0.15) is 12.9 Å². The molecule has 1 N–H and O–H groups in total. The van der Waals surface area contributed by atoms with E-state index in [1.165, 1.54) is 36.1 Å². The first kappa shape index (κ1) is 23.6. The minimum absolute atomic E-state index is 0.0557. The van der Waals surface area contributed by atoms with Crippen molar-refractivity contribution < 1.29 is 27.5 Å². The first-order chi connectivity index (χ1) is 16.7. The minimum Gasteiger partial charge on any atom is -0.465 e. The van der Waals surface area contributed by atoms with Crippen molar-refractivity contribution in [3.05, 3.63) is 81.9 Å². The van der Waals surface area contributed by atoms with Gasteiger partial charge in [0.2, 0.25) is 5.91 Å². The summed E-state index contributed by atoms with van der Waals surface area (Å²) in [5, 5.41) is 10.2. The highest BCUT2D eigenvalue weighted by Crippen LogP contribution is 2.29. The van der Waals surface area contributed by atoms with Gasteiger partial charge in [-0.05, 0) is 29.8 Å². The molecule has 0 spiro atoms. The number of nitrogens with zero attached hydrogens (tertiary/aromatic N) is 5. The fourth-order valence-electron chi connectivity index (χ4n) is 3.35. The summed E-state index contributed by atoms with van der Waals surface area (Å²) >= 11 is 0. The molecule has 180 valence electrons. The molecule has 35 heavy (non-hydrogen) atoms. The molecule has 0 aliphatic heterocycles. The number of esters is 1. The quantitative estimate of drug-likeness (QED) is 0.416. The fourth-order valence-corrected chi connectivity index (χ4v) is 3.35. The van der Waals surface area contributed by atoms with E-state index >= 15 is 0 Å². The Morgan fingerprint density at radius 1 is 1.11 bits per heavy atom. The number of anilines is 1. The number of hydrogen-bond acceptors (Lipinski definition) is 7. The molecule has 2 aromatic carbocycles. The molecule has 0 radical (unpaired) electrons. The van der Waals surface area contributed by atoms with E-state index in [9.17, 15) is 27.6 Å². The number of fused-ring (bicyclic) bond motifs is 1. The zero-order valence-electron chi connectivity index (χ0n) is 18.1. The number of ether oxygens (including phenoxy) is 1. The molecule has 0 saturated carbocycles. The lowest BCUT2D eigenvalue weighted by Gasteiger charge is -2.10. The molecule has 10 nitrogen and oxygen atoms in total. The van der Waals surface area contributed by atoms with Gasteiger partial charge < -0.3 is 10.1 Å². The lowest BCUT2D eigenvalue weighted by atomic mass is 10.1. The standard InChI is InChI=1S/C22H17F3N6O4/c1-35-21(34)15-7-2-3-8-16(15)27-17(32)11-30-12-26-19-18(20(30)33)28-29-31(19)10-13-5-4-6-14(9-13)22(23,24)25/h2-9,12H,10-11H2,1H3,(H,27,32). The van der Waals surface area contributed by atoms with E-state index in [2.05, 4.69) is 25.3 Å². The average Bonchev–Trinajstić information content (AvgIpc) is 3.23. The van der Waals surface area contributed by atoms with Crippen LogP contribution in [-0.2, 0) is 28.8 Å². The second-order valence-electron chi connectivity index (χ2n) is 7.38. The van der Waals surface area contributed by atoms with Crippen LogP contribution in [0.3, 0.4) is 0 Å². The van der Waals surface area contributed by atoms with Crippen molar-refractivity contribution in [3.8, 4) is 0 Å². The third-order valence-corrected chi connectivity index (χ3v) is 5.00. The maximum Gasteiger partial charge on any atom is 0.416 e. The number of rotatable bonds is 6. The van der Waals surface area contributed by atoms with Gasteiger partial charge in [-0.25, -0.2) is 14.5 Å². The van der Waals surface area contributed by atoms with E-state index in [0.29, 0.717) is 5.56 Å². The van der Waals surface area contributed by atoms with Crippen LogP contribution in [0.5, 0.6) is 0 Å². The molecule has 4 rings (SSSR count). The Bertz CT molecular complexity index is 1480. The number of alkyl halides is 3. The summed E-state index contributed by atoms with van der Waals surface area (Å²) in [4.78, 5) is 41.3. The molecule has 0 atom stereocenters. The second-order valence-corrected chi connectivity index (χ2v) is 7.38. The molecule has 0 saturated heterocycles. The van der Waals surface area contributed by atoms with E-state index in [1.807, 2.05) is 0 Å². The largest absolute Gasteiger partial charge is 0.465 e. The van der Waals surface area contributed by atoms with Crippen LogP contribution in [-0.4, -0.2) is 43.5 Å². The van der Waals surface area contributed by atoms with E-state index in [-0.39, 0.29) is 29.0 Å². The summed E-state index contributed by atoms with van der Waals surface area (Å²) in [5.74, 6) is -1.25. The van der Waals surface area contributed by atoms with Gasteiger partial charge in [0.15, 0.2) is 11.2 Å². The van der Waals surface area contributed by atoms with E-state index in [4.69, 9.17) is 0 Å². The molecular weight excluding hydrogens is 469 g/mol. The monoisotopic (exact) mass is 486 g/mol. The molecule has 0 bridgehead atoms. The number of halogens is 3. The Labute approximate surface area is 195 Å². The number of hydrogen-bond donors (Lipinski definition) is 1. The third-order valence-electron chi connectivity index (χ3n) is 5.00. The van der Waals surface area contributed by atoms with E-state index < -0.39 is 35.7 Å². The van der Waals surface area contributed by atoms with Crippen LogP contribution in [0.15, 0.2) is 59.7 Å². The summed E-state index contributed by atoms with van der Waals surface area (Å²) < 4.78 is 45.8. The van der Waals surface area contributed by atoms with Gasteiger partial charge in [-0.3, -0.25) is 14.2 Å². The molecule has 0 unspecified atom stereocenters. The van der Waals surface area contributed by atoms with Crippen molar-refractivity contribution in [2.45, 2.75) is 19.3 Å². The van der Waals surface area contributed by atoms with Crippen molar-refractivity contribution in [3.63, 3.8) is 0 Å². The van der Waals surface area contributed by atoms with E-state index in [1.54, 1.807) is 12.1 Å². The zero-order chi connectivity index (χ0) is 25.2. The Morgan fingerprint density at radius 3 is 2.63 bits per heavy atom. The number of carbonyl (C=O) groups is 2. The van der Waals surface area contributed by atoms with Crippen LogP contribution >= 0.6 is 0 Å². The highest BCUT2D eigenvalue weighted by atomic mass is 19.4. The van der Waals surface area contributed by atoms with Crippen LogP contribution in [0.2, 0.25) is 0 Å². The molecule has 0 aliphatic rings. The van der Waals surface area contributed by atoms with Crippen LogP contribution < -0.4 is 10.9 Å². The van der Waals surface area contributed by atoms with Gasteiger partial charge in [-0.2, -0.15) is 13.2 Å². The number of aromatic nitrogens is 5. The van der Waals surface area contributed by atoms with E-state index in [0.717, 1.165) is 23.0 Å². The van der Waals surface area contributed by atoms with Gasteiger partial charge in [0, 0.05) is 0 Å². The summed E-state index contributed by atoms with van der Waals surface area (Å²) in [6.45, 7) is -0.528. The molecule has 0 aliphatic carbocycles. The van der Waals surface area contributed by atoms with Gasteiger partial charge >= 0.3 is 12.1 Å². The molecule has 2 heterocycles.